The largest absolute Gasteiger partial charge is 0.445 e. The Balaban J connectivity index is 1.14. The van der Waals surface area contributed by atoms with Gasteiger partial charge in [-0.25, -0.2) is 4.98 Å². The van der Waals surface area contributed by atoms with E-state index in [1.54, 1.807) is 22.9 Å². The third kappa shape index (κ3) is 6.07. The summed E-state index contributed by atoms with van der Waals surface area (Å²) in [5.74, 6) is 1.84. The van der Waals surface area contributed by atoms with Gasteiger partial charge in [-0.05, 0) is 56.2 Å². The van der Waals surface area contributed by atoms with Crippen molar-refractivity contribution in [2.75, 3.05) is 12.3 Å². The van der Waals surface area contributed by atoms with E-state index in [0.717, 1.165) is 47.2 Å². The molecule has 1 aromatic heterocycles. The molecule has 0 spiro atoms. The summed E-state index contributed by atoms with van der Waals surface area (Å²) in [7, 11) is 0. The zero-order valence-corrected chi connectivity index (χ0v) is 20.4. The molecule has 2 N–H and O–H groups in total. The maximum absolute atomic E-state index is 12.9. The van der Waals surface area contributed by atoms with Gasteiger partial charge in [0.05, 0.1) is 12.7 Å². The molecule has 1 saturated heterocycles. The summed E-state index contributed by atoms with van der Waals surface area (Å²) in [6.07, 6.45) is 8.25. The fourth-order valence-corrected chi connectivity index (χ4v) is 5.53. The number of hydrogen-bond donors (Lipinski definition) is 2. The van der Waals surface area contributed by atoms with Crippen molar-refractivity contribution in [1.82, 2.24) is 20.5 Å². The molecule has 8 nitrogen and oxygen atoms in total. The van der Waals surface area contributed by atoms with E-state index in [2.05, 4.69) is 21.7 Å². The van der Waals surface area contributed by atoms with Crippen molar-refractivity contribution in [3.05, 3.63) is 47.2 Å². The van der Waals surface area contributed by atoms with E-state index in [1.807, 2.05) is 19.1 Å². The van der Waals surface area contributed by atoms with E-state index in [1.165, 1.54) is 19.3 Å². The van der Waals surface area contributed by atoms with Gasteiger partial charge < -0.3 is 14.6 Å². The van der Waals surface area contributed by atoms with Gasteiger partial charge in [0.2, 0.25) is 17.7 Å². The number of amides is 3. The number of fused-ring (bicyclic) bond motifs is 1. The molecular formula is C25H32N4O4S. The highest BCUT2D eigenvalue weighted by molar-refractivity contribution is 7.99. The molecule has 2 aromatic rings. The molecule has 0 bridgehead atoms. The number of benzene rings is 1. The zero-order chi connectivity index (χ0) is 23.9. The van der Waals surface area contributed by atoms with Crippen molar-refractivity contribution in [2.45, 2.75) is 75.9 Å². The summed E-state index contributed by atoms with van der Waals surface area (Å²) in [5.41, 5.74) is 1.69. The number of imide groups is 1. The van der Waals surface area contributed by atoms with Crippen LogP contribution in [0.15, 0.2) is 33.7 Å². The number of nitrogens with zero attached hydrogens (tertiary/aromatic N) is 2. The molecule has 2 aliphatic rings. The Bertz CT molecular complexity index is 1040. The van der Waals surface area contributed by atoms with Gasteiger partial charge in [0.15, 0.2) is 0 Å². The zero-order valence-electron chi connectivity index (χ0n) is 19.6. The Morgan fingerprint density at radius 1 is 1.18 bits per heavy atom. The quantitative estimate of drug-likeness (QED) is 0.270. The third-order valence-corrected chi connectivity index (χ3v) is 7.43. The minimum Gasteiger partial charge on any atom is -0.445 e. The molecule has 0 aliphatic carbocycles. The van der Waals surface area contributed by atoms with E-state index < -0.39 is 6.04 Å². The Hall–Kier alpha value is -2.65. The molecule has 34 heavy (non-hydrogen) atoms. The smallest absolute Gasteiger partial charge is 0.255 e. The highest BCUT2D eigenvalue weighted by Gasteiger charge is 2.39. The summed E-state index contributed by atoms with van der Waals surface area (Å²) in [6, 6.07) is 5.25. The average Bonchev–Trinajstić information content (AvgIpc) is 3.38. The molecule has 2 aliphatic heterocycles. The maximum Gasteiger partial charge on any atom is 0.255 e. The summed E-state index contributed by atoms with van der Waals surface area (Å²) < 4.78 is 5.44. The maximum atomic E-state index is 12.9. The monoisotopic (exact) mass is 484 g/mol. The molecule has 0 saturated carbocycles. The molecule has 1 fully saturated rings. The van der Waals surface area contributed by atoms with E-state index in [9.17, 15) is 14.4 Å². The van der Waals surface area contributed by atoms with Gasteiger partial charge in [0, 0.05) is 23.4 Å². The van der Waals surface area contributed by atoms with Crippen LogP contribution in [-0.2, 0) is 22.7 Å². The highest BCUT2D eigenvalue weighted by atomic mass is 32.2. The molecule has 1 unspecified atom stereocenters. The Morgan fingerprint density at radius 3 is 2.79 bits per heavy atom. The van der Waals surface area contributed by atoms with Crippen LogP contribution >= 0.6 is 11.8 Å². The van der Waals surface area contributed by atoms with Gasteiger partial charge in [-0.3, -0.25) is 19.7 Å². The van der Waals surface area contributed by atoms with E-state index in [4.69, 9.17) is 4.42 Å². The first-order valence-corrected chi connectivity index (χ1v) is 13.0. The lowest BCUT2D eigenvalue weighted by molar-refractivity contribution is -0.136. The summed E-state index contributed by atoms with van der Waals surface area (Å²) in [5, 5.41) is 5.72. The van der Waals surface area contributed by atoms with Crippen molar-refractivity contribution in [3.63, 3.8) is 0 Å². The van der Waals surface area contributed by atoms with Crippen LogP contribution in [0.3, 0.4) is 0 Å². The summed E-state index contributed by atoms with van der Waals surface area (Å²) >= 11 is 1.79. The number of thioether (sulfide) groups is 1. The van der Waals surface area contributed by atoms with Gasteiger partial charge in [0.1, 0.15) is 11.8 Å². The number of aromatic nitrogens is 1. The van der Waals surface area contributed by atoms with Gasteiger partial charge in [0.25, 0.3) is 5.91 Å². The molecular weight excluding hydrogens is 452 g/mol. The first-order chi connectivity index (χ1) is 16.5. The van der Waals surface area contributed by atoms with Crippen LogP contribution in [0.5, 0.6) is 0 Å². The lowest BCUT2D eigenvalue weighted by Crippen LogP contribution is -2.52. The third-order valence-electron chi connectivity index (χ3n) is 6.24. The van der Waals surface area contributed by atoms with Crippen molar-refractivity contribution >= 4 is 29.5 Å². The van der Waals surface area contributed by atoms with Crippen molar-refractivity contribution in [2.24, 2.45) is 0 Å². The number of rotatable bonds is 12. The SMILES string of the molecule is Cc1cnc(CNCCCCCCCSc2cccc3c2CN(C2CCC(=O)NC2=O)C3=O)o1. The Labute approximate surface area is 204 Å². The first kappa shape index (κ1) is 24.5. The van der Waals surface area contributed by atoms with Gasteiger partial charge >= 0.3 is 0 Å². The molecule has 182 valence electrons. The predicted octanol–water partition coefficient (Wildman–Crippen LogP) is 3.58. The van der Waals surface area contributed by atoms with Crippen LogP contribution in [0.25, 0.3) is 0 Å². The normalized spacial score (nSPS) is 17.9. The number of carbonyl (C=O) groups is 3. The van der Waals surface area contributed by atoms with Gasteiger partial charge in [-0.15, -0.1) is 11.8 Å². The molecule has 0 radical (unpaired) electrons. The molecule has 3 heterocycles. The van der Waals surface area contributed by atoms with Crippen molar-refractivity contribution in [1.29, 1.82) is 0 Å². The number of unbranched alkanes of at least 4 members (excludes halogenated alkanes) is 4. The number of aryl methyl sites for hydroxylation is 1. The molecule has 1 atom stereocenters. The topological polar surface area (TPSA) is 105 Å². The second-order valence-electron chi connectivity index (χ2n) is 8.84. The van der Waals surface area contributed by atoms with Crippen LogP contribution < -0.4 is 10.6 Å². The van der Waals surface area contributed by atoms with Crippen LogP contribution in [0.2, 0.25) is 0 Å². The lowest BCUT2D eigenvalue weighted by atomic mass is 10.0. The van der Waals surface area contributed by atoms with Crippen LogP contribution in [0, 0.1) is 6.92 Å². The number of oxazole rings is 1. The van der Waals surface area contributed by atoms with E-state index in [0.29, 0.717) is 25.1 Å². The van der Waals surface area contributed by atoms with E-state index >= 15 is 0 Å². The molecule has 9 heteroatoms. The van der Waals surface area contributed by atoms with Crippen LogP contribution in [0.4, 0.5) is 0 Å². The fourth-order valence-electron chi connectivity index (χ4n) is 4.44. The minimum atomic E-state index is -0.565. The molecule has 4 rings (SSSR count). The fraction of sp³-hybridized carbons (Fsp3) is 0.520. The minimum absolute atomic E-state index is 0.112. The first-order valence-electron chi connectivity index (χ1n) is 12.0. The average molecular weight is 485 g/mol. The van der Waals surface area contributed by atoms with Crippen molar-refractivity contribution in [3.8, 4) is 0 Å². The predicted molar refractivity (Wildman–Crippen MR) is 129 cm³/mol. The molecule has 1 aromatic carbocycles. The second kappa shape index (κ2) is 11.7. The summed E-state index contributed by atoms with van der Waals surface area (Å²) in [4.78, 5) is 43.5. The number of piperidine rings is 1. The standard InChI is InChI=1S/C25H32N4O4S/c1-17-14-27-23(33-17)15-26-12-5-3-2-4-6-13-34-21-9-7-8-18-19(21)16-29(25(18)32)20-10-11-22(30)28-24(20)31/h7-9,14,20,26H,2-6,10-13,15-16H2,1H3,(H,28,30,31). The van der Waals surface area contributed by atoms with Crippen LogP contribution in [0.1, 0.15) is 72.5 Å². The Morgan fingerprint density at radius 2 is 2.00 bits per heavy atom. The highest BCUT2D eigenvalue weighted by Crippen LogP contribution is 2.34. The van der Waals surface area contributed by atoms with E-state index in [-0.39, 0.29) is 24.1 Å². The summed E-state index contributed by atoms with van der Waals surface area (Å²) in [6.45, 7) is 3.97. The lowest BCUT2D eigenvalue weighted by Gasteiger charge is -2.29. The number of nitrogens with one attached hydrogen (secondary N) is 2. The van der Waals surface area contributed by atoms with Gasteiger partial charge in [-0.1, -0.05) is 25.3 Å². The number of hydrogen-bond acceptors (Lipinski definition) is 7. The second-order valence-corrected chi connectivity index (χ2v) is 9.98. The van der Waals surface area contributed by atoms with Crippen LogP contribution in [-0.4, -0.2) is 45.9 Å². The van der Waals surface area contributed by atoms with Gasteiger partial charge in [-0.2, -0.15) is 0 Å². The Kier molecular flexibility index (Phi) is 8.39. The molecule has 3 amide bonds. The number of carbonyl (C=O) groups excluding carboxylic acids is 3. The van der Waals surface area contributed by atoms with Crippen molar-refractivity contribution < 1.29 is 18.8 Å².